The van der Waals surface area contributed by atoms with Crippen LogP contribution < -0.4 is 10.6 Å². The number of fused-ring (bicyclic) bond motifs is 1. The van der Waals surface area contributed by atoms with Crippen LogP contribution in [0.5, 0.6) is 0 Å². The second-order valence-electron chi connectivity index (χ2n) is 5.08. The molecule has 1 aromatic rings. The number of urea groups is 1. The molecule has 1 saturated heterocycles. The van der Waals surface area contributed by atoms with Crippen LogP contribution in [0.3, 0.4) is 0 Å². The predicted octanol–water partition coefficient (Wildman–Crippen LogP) is 0.486. The number of hydrogen-bond donors (Lipinski definition) is 2. The lowest BCUT2D eigenvalue weighted by Crippen LogP contribution is -2.50. The van der Waals surface area contributed by atoms with E-state index in [9.17, 15) is 14.4 Å². The number of imide groups is 1. The largest absolute Gasteiger partial charge is 0.375 e. The van der Waals surface area contributed by atoms with Gasteiger partial charge in [0, 0.05) is 32.4 Å². The number of amides is 4. The lowest BCUT2D eigenvalue weighted by molar-refractivity contribution is -0.121. The lowest BCUT2D eigenvalue weighted by Gasteiger charge is -2.26. The first-order valence-corrected chi connectivity index (χ1v) is 7.88. The molecule has 8 nitrogen and oxygen atoms in total. The Kier molecular flexibility index (Phi) is 4.34. The third kappa shape index (κ3) is 3.42. The van der Waals surface area contributed by atoms with Gasteiger partial charge in [0.2, 0.25) is 11.8 Å². The Morgan fingerprint density at radius 1 is 1.41 bits per heavy atom. The highest BCUT2D eigenvalue weighted by atomic mass is 32.1. The molecule has 0 saturated carbocycles. The smallest absolute Gasteiger partial charge is 0.324 e. The van der Waals surface area contributed by atoms with E-state index in [1.54, 1.807) is 0 Å². The predicted molar refractivity (Wildman–Crippen MR) is 78.4 cm³/mol. The number of ether oxygens (including phenoxy) is 1. The minimum Gasteiger partial charge on any atom is -0.375 e. The van der Waals surface area contributed by atoms with E-state index >= 15 is 0 Å². The van der Waals surface area contributed by atoms with Gasteiger partial charge in [0.1, 0.15) is 0 Å². The fraction of sp³-hybridized carbons (Fsp3) is 0.538. The number of thiazole rings is 1. The SMILES string of the molecule is O=C1CCN(CCC(=O)Nc2nc3c(s2)COCC3)C(=O)N1. The molecule has 3 rings (SSSR count). The average molecular weight is 324 g/mol. The zero-order chi connectivity index (χ0) is 15.5. The van der Waals surface area contributed by atoms with Crippen LogP contribution in [0.4, 0.5) is 9.93 Å². The van der Waals surface area contributed by atoms with Crippen LogP contribution in [0.2, 0.25) is 0 Å². The summed E-state index contributed by atoms with van der Waals surface area (Å²) in [6.45, 7) is 1.83. The molecule has 118 valence electrons. The van der Waals surface area contributed by atoms with Crippen LogP contribution in [0.1, 0.15) is 23.4 Å². The van der Waals surface area contributed by atoms with E-state index in [4.69, 9.17) is 4.74 Å². The molecule has 2 aliphatic heterocycles. The fourth-order valence-corrected chi connectivity index (χ4v) is 3.27. The minimum atomic E-state index is -0.439. The maximum atomic E-state index is 11.9. The van der Waals surface area contributed by atoms with Crippen LogP contribution in [0, 0.1) is 0 Å². The first kappa shape index (κ1) is 14.9. The number of anilines is 1. The average Bonchev–Trinajstić information content (AvgIpc) is 2.88. The van der Waals surface area contributed by atoms with Gasteiger partial charge >= 0.3 is 6.03 Å². The molecule has 2 aliphatic rings. The van der Waals surface area contributed by atoms with Crippen molar-refractivity contribution >= 4 is 34.3 Å². The number of hydrogen-bond acceptors (Lipinski definition) is 6. The normalized spacial score (nSPS) is 17.9. The third-order valence-corrected chi connectivity index (χ3v) is 4.48. The zero-order valence-electron chi connectivity index (χ0n) is 11.9. The number of nitrogens with one attached hydrogen (secondary N) is 2. The Bertz CT molecular complexity index is 592. The van der Waals surface area contributed by atoms with E-state index < -0.39 is 6.03 Å². The monoisotopic (exact) mass is 324 g/mol. The van der Waals surface area contributed by atoms with Gasteiger partial charge < -0.3 is 15.0 Å². The van der Waals surface area contributed by atoms with Crippen LogP contribution in [0.15, 0.2) is 0 Å². The molecule has 9 heteroatoms. The fourth-order valence-electron chi connectivity index (χ4n) is 2.31. The van der Waals surface area contributed by atoms with Crippen LogP contribution >= 0.6 is 11.3 Å². The van der Waals surface area contributed by atoms with Gasteiger partial charge in [-0.05, 0) is 0 Å². The van der Waals surface area contributed by atoms with E-state index in [0.29, 0.717) is 24.9 Å². The van der Waals surface area contributed by atoms with Gasteiger partial charge in [0.05, 0.1) is 23.8 Å². The molecule has 0 spiro atoms. The van der Waals surface area contributed by atoms with Gasteiger partial charge in [-0.3, -0.25) is 14.9 Å². The molecule has 22 heavy (non-hydrogen) atoms. The molecule has 1 fully saturated rings. The van der Waals surface area contributed by atoms with Crippen molar-refractivity contribution in [1.29, 1.82) is 0 Å². The van der Waals surface area contributed by atoms with E-state index in [1.807, 2.05) is 0 Å². The summed E-state index contributed by atoms with van der Waals surface area (Å²) in [5.41, 5.74) is 0.987. The van der Waals surface area contributed by atoms with Crippen LogP contribution in [-0.4, -0.2) is 47.4 Å². The highest BCUT2D eigenvalue weighted by molar-refractivity contribution is 7.15. The Labute approximate surface area is 130 Å². The number of aromatic nitrogens is 1. The lowest BCUT2D eigenvalue weighted by atomic mass is 10.2. The second kappa shape index (κ2) is 6.41. The van der Waals surface area contributed by atoms with Crippen molar-refractivity contribution in [2.75, 3.05) is 25.0 Å². The van der Waals surface area contributed by atoms with Crippen molar-refractivity contribution in [2.24, 2.45) is 0 Å². The van der Waals surface area contributed by atoms with Gasteiger partial charge in [-0.25, -0.2) is 9.78 Å². The Hall–Kier alpha value is -2.00. The van der Waals surface area contributed by atoms with Crippen molar-refractivity contribution in [2.45, 2.75) is 25.9 Å². The molecule has 0 radical (unpaired) electrons. The van der Waals surface area contributed by atoms with Crippen molar-refractivity contribution in [3.8, 4) is 0 Å². The number of nitrogens with zero attached hydrogens (tertiary/aromatic N) is 2. The van der Waals surface area contributed by atoms with E-state index in [2.05, 4.69) is 15.6 Å². The Morgan fingerprint density at radius 3 is 3.05 bits per heavy atom. The van der Waals surface area contributed by atoms with Gasteiger partial charge in [-0.15, -0.1) is 0 Å². The Morgan fingerprint density at radius 2 is 2.27 bits per heavy atom. The van der Waals surface area contributed by atoms with Crippen molar-refractivity contribution < 1.29 is 19.1 Å². The molecule has 2 N–H and O–H groups in total. The van der Waals surface area contributed by atoms with E-state index in [-0.39, 0.29) is 31.2 Å². The maximum absolute atomic E-state index is 11.9. The summed E-state index contributed by atoms with van der Waals surface area (Å²) in [6, 6.07) is -0.439. The molecule has 0 unspecified atom stereocenters. The maximum Gasteiger partial charge on any atom is 0.324 e. The first-order valence-electron chi connectivity index (χ1n) is 7.07. The standard InChI is InChI=1S/C13H16N4O4S/c18-10(1-4-17-5-2-11(19)16-13(17)20)15-12-14-8-3-6-21-7-9(8)22-12/h1-7H2,(H,14,15,18)(H,16,19,20). The molecule has 1 aromatic heterocycles. The molecule has 3 heterocycles. The molecule has 0 atom stereocenters. The number of rotatable bonds is 4. The Balaban J connectivity index is 1.49. The quantitative estimate of drug-likeness (QED) is 0.839. The summed E-state index contributed by atoms with van der Waals surface area (Å²) in [5.74, 6) is -0.474. The van der Waals surface area contributed by atoms with Gasteiger partial charge in [-0.1, -0.05) is 11.3 Å². The molecule has 0 aromatic carbocycles. The first-order chi connectivity index (χ1) is 10.6. The van der Waals surface area contributed by atoms with E-state index in [0.717, 1.165) is 17.0 Å². The summed E-state index contributed by atoms with van der Waals surface area (Å²) in [4.78, 5) is 41.4. The van der Waals surface area contributed by atoms with Crippen LogP contribution in [-0.2, 0) is 27.4 Å². The van der Waals surface area contributed by atoms with Crippen molar-refractivity contribution in [3.63, 3.8) is 0 Å². The highest BCUT2D eigenvalue weighted by Gasteiger charge is 2.23. The van der Waals surface area contributed by atoms with E-state index in [1.165, 1.54) is 16.2 Å². The zero-order valence-corrected chi connectivity index (χ0v) is 12.7. The minimum absolute atomic E-state index is 0.169. The second-order valence-corrected chi connectivity index (χ2v) is 6.16. The van der Waals surface area contributed by atoms with Crippen LogP contribution in [0.25, 0.3) is 0 Å². The highest BCUT2D eigenvalue weighted by Crippen LogP contribution is 2.27. The summed E-state index contributed by atoms with van der Waals surface area (Å²) in [7, 11) is 0. The summed E-state index contributed by atoms with van der Waals surface area (Å²) >= 11 is 1.42. The summed E-state index contributed by atoms with van der Waals surface area (Å²) in [5, 5.41) is 5.55. The van der Waals surface area contributed by atoms with Gasteiger partial charge in [0.15, 0.2) is 5.13 Å². The molecule has 4 amide bonds. The van der Waals surface area contributed by atoms with Crippen molar-refractivity contribution in [3.05, 3.63) is 10.6 Å². The van der Waals surface area contributed by atoms with Gasteiger partial charge in [0.25, 0.3) is 0 Å². The molecule has 0 bridgehead atoms. The molecular weight excluding hydrogens is 308 g/mol. The summed E-state index contributed by atoms with van der Waals surface area (Å²) in [6.07, 6.45) is 1.21. The molecular formula is C13H16N4O4S. The summed E-state index contributed by atoms with van der Waals surface area (Å²) < 4.78 is 5.34. The molecule has 0 aliphatic carbocycles. The van der Waals surface area contributed by atoms with Crippen molar-refractivity contribution in [1.82, 2.24) is 15.2 Å². The topological polar surface area (TPSA) is 101 Å². The third-order valence-electron chi connectivity index (χ3n) is 3.49. The number of carbonyl (C=O) groups excluding carboxylic acids is 3. The number of carbonyl (C=O) groups is 3. The van der Waals surface area contributed by atoms with Gasteiger partial charge in [-0.2, -0.15) is 0 Å².